The first-order valence-corrected chi connectivity index (χ1v) is 7.94. The molecule has 2 unspecified atom stereocenters. The molecular formula is C16H24BrN. The number of benzene rings is 1. The van der Waals surface area contributed by atoms with E-state index in [1.807, 2.05) is 0 Å². The summed E-state index contributed by atoms with van der Waals surface area (Å²) < 4.78 is 1.21. The highest BCUT2D eigenvalue weighted by Gasteiger charge is 2.19. The Morgan fingerprint density at radius 3 is 2.83 bits per heavy atom. The van der Waals surface area contributed by atoms with Crippen LogP contribution < -0.4 is 5.32 Å². The Hall–Kier alpha value is -0.340. The van der Waals surface area contributed by atoms with Crippen LogP contribution >= 0.6 is 15.9 Å². The number of halogens is 1. The largest absolute Gasteiger partial charge is 0.310 e. The van der Waals surface area contributed by atoms with Crippen molar-refractivity contribution in [2.75, 3.05) is 6.54 Å². The molecular weight excluding hydrogens is 286 g/mol. The zero-order chi connectivity index (χ0) is 13.0. The number of nitrogens with one attached hydrogen (secondary N) is 1. The van der Waals surface area contributed by atoms with Crippen molar-refractivity contribution < 1.29 is 0 Å². The van der Waals surface area contributed by atoms with E-state index < -0.39 is 0 Å². The molecule has 1 aliphatic carbocycles. The minimum atomic E-state index is 0.429. The third kappa shape index (κ3) is 3.83. The summed E-state index contributed by atoms with van der Waals surface area (Å²) in [6.07, 6.45) is 5.64. The van der Waals surface area contributed by atoms with Crippen LogP contribution in [0.15, 0.2) is 28.7 Å². The molecule has 3 atom stereocenters. The second-order valence-corrected chi connectivity index (χ2v) is 6.64. The number of rotatable bonds is 4. The molecule has 1 N–H and O–H groups in total. The van der Waals surface area contributed by atoms with Gasteiger partial charge in [0.25, 0.3) is 0 Å². The molecule has 1 aliphatic rings. The highest BCUT2D eigenvalue weighted by atomic mass is 79.9. The van der Waals surface area contributed by atoms with Crippen LogP contribution in [0, 0.1) is 11.8 Å². The van der Waals surface area contributed by atoms with Crippen LogP contribution in [0.5, 0.6) is 0 Å². The molecule has 0 radical (unpaired) electrons. The Morgan fingerprint density at radius 1 is 1.33 bits per heavy atom. The maximum Gasteiger partial charge on any atom is 0.0303 e. The van der Waals surface area contributed by atoms with E-state index in [0.717, 1.165) is 18.4 Å². The molecule has 1 aromatic rings. The Morgan fingerprint density at radius 2 is 2.11 bits per heavy atom. The van der Waals surface area contributed by atoms with Gasteiger partial charge in [0.15, 0.2) is 0 Å². The fraction of sp³-hybridized carbons (Fsp3) is 0.625. The fourth-order valence-electron chi connectivity index (χ4n) is 3.02. The summed E-state index contributed by atoms with van der Waals surface area (Å²) >= 11 is 3.63. The Kier molecular flexibility index (Phi) is 5.25. The zero-order valence-electron chi connectivity index (χ0n) is 11.5. The van der Waals surface area contributed by atoms with Gasteiger partial charge in [0.05, 0.1) is 0 Å². The van der Waals surface area contributed by atoms with Crippen molar-refractivity contribution >= 4 is 15.9 Å². The fourth-order valence-corrected chi connectivity index (χ4v) is 3.65. The first-order chi connectivity index (χ1) is 8.66. The van der Waals surface area contributed by atoms with Crippen molar-refractivity contribution in [1.82, 2.24) is 5.32 Å². The topological polar surface area (TPSA) is 12.0 Å². The maximum absolute atomic E-state index is 3.70. The van der Waals surface area contributed by atoms with E-state index in [1.165, 1.54) is 35.7 Å². The van der Waals surface area contributed by atoms with Crippen LogP contribution in [0.2, 0.25) is 0 Å². The lowest BCUT2D eigenvalue weighted by molar-refractivity contribution is 0.268. The summed E-state index contributed by atoms with van der Waals surface area (Å²) in [6, 6.07) is 8.93. The molecule has 0 spiro atoms. The lowest BCUT2D eigenvalue weighted by Gasteiger charge is -2.28. The van der Waals surface area contributed by atoms with Gasteiger partial charge in [-0.05, 0) is 49.8 Å². The highest BCUT2D eigenvalue weighted by Crippen LogP contribution is 2.29. The van der Waals surface area contributed by atoms with Crippen molar-refractivity contribution in [2.45, 2.75) is 45.6 Å². The summed E-state index contributed by atoms with van der Waals surface area (Å²) in [4.78, 5) is 0. The lowest BCUT2D eigenvalue weighted by Crippen LogP contribution is -2.28. The molecule has 0 aliphatic heterocycles. The third-order valence-corrected chi connectivity index (χ3v) is 4.85. The smallest absolute Gasteiger partial charge is 0.0303 e. The highest BCUT2D eigenvalue weighted by molar-refractivity contribution is 9.10. The van der Waals surface area contributed by atoms with Gasteiger partial charge in [-0.15, -0.1) is 0 Å². The predicted molar refractivity (Wildman–Crippen MR) is 81.7 cm³/mol. The van der Waals surface area contributed by atoms with Crippen molar-refractivity contribution in [3.05, 3.63) is 34.3 Å². The lowest BCUT2D eigenvalue weighted by atomic mass is 9.82. The zero-order valence-corrected chi connectivity index (χ0v) is 13.0. The molecule has 0 aromatic heterocycles. The van der Waals surface area contributed by atoms with Crippen LogP contribution in [-0.2, 0) is 0 Å². The molecule has 18 heavy (non-hydrogen) atoms. The molecule has 0 saturated heterocycles. The second kappa shape index (κ2) is 6.72. The van der Waals surface area contributed by atoms with E-state index in [-0.39, 0.29) is 0 Å². The van der Waals surface area contributed by atoms with Gasteiger partial charge in [-0.25, -0.2) is 0 Å². The molecule has 1 nitrogen and oxygen atoms in total. The minimum Gasteiger partial charge on any atom is -0.310 e. The van der Waals surface area contributed by atoms with Crippen molar-refractivity contribution in [3.8, 4) is 0 Å². The monoisotopic (exact) mass is 309 g/mol. The molecule has 2 rings (SSSR count). The van der Waals surface area contributed by atoms with Gasteiger partial charge in [0.2, 0.25) is 0 Å². The third-order valence-electron chi connectivity index (χ3n) is 4.13. The first kappa shape index (κ1) is 14.1. The second-order valence-electron chi connectivity index (χ2n) is 5.79. The van der Waals surface area contributed by atoms with Gasteiger partial charge in [0.1, 0.15) is 0 Å². The molecule has 0 bridgehead atoms. The summed E-state index contributed by atoms with van der Waals surface area (Å²) in [7, 11) is 0. The predicted octanol–water partition coefficient (Wildman–Crippen LogP) is 4.93. The van der Waals surface area contributed by atoms with Crippen molar-refractivity contribution in [3.63, 3.8) is 0 Å². The number of hydrogen-bond donors (Lipinski definition) is 1. The quantitative estimate of drug-likeness (QED) is 0.832. The SMILES string of the molecule is CC1CCCC(CN[C@@H](C)c2ccccc2Br)C1. The van der Waals surface area contributed by atoms with Crippen molar-refractivity contribution in [2.24, 2.45) is 11.8 Å². The van der Waals surface area contributed by atoms with Gasteiger partial charge >= 0.3 is 0 Å². The normalized spacial score (nSPS) is 25.9. The molecule has 100 valence electrons. The molecule has 1 fully saturated rings. The molecule has 1 saturated carbocycles. The average molecular weight is 310 g/mol. The molecule has 0 heterocycles. The summed E-state index contributed by atoms with van der Waals surface area (Å²) in [5.74, 6) is 1.79. The summed E-state index contributed by atoms with van der Waals surface area (Å²) in [5.41, 5.74) is 1.36. The van der Waals surface area contributed by atoms with E-state index in [2.05, 4.69) is 59.4 Å². The van der Waals surface area contributed by atoms with Gasteiger partial charge in [-0.2, -0.15) is 0 Å². The number of hydrogen-bond acceptors (Lipinski definition) is 1. The van der Waals surface area contributed by atoms with Gasteiger partial charge in [-0.3, -0.25) is 0 Å². The molecule has 0 amide bonds. The minimum absolute atomic E-state index is 0.429. The van der Waals surface area contributed by atoms with E-state index >= 15 is 0 Å². The van der Waals surface area contributed by atoms with Crippen LogP contribution in [0.1, 0.15) is 51.1 Å². The van der Waals surface area contributed by atoms with Crippen LogP contribution in [0.3, 0.4) is 0 Å². The Labute approximate surface area is 119 Å². The molecule has 2 heteroatoms. The van der Waals surface area contributed by atoms with E-state index in [4.69, 9.17) is 0 Å². The van der Waals surface area contributed by atoms with E-state index in [1.54, 1.807) is 0 Å². The maximum atomic E-state index is 3.70. The summed E-state index contributed by atoms with van der Waals surface area (Å²) in [5, 5.41) is 3.70. The summed E-state index contributed by atoms with van der Waals surface area (Å²) in [6.45, 7) is 5.81. The standard InChI is InChI=1S/C16H24BrN/c1-12-6-5-7-14(10-12)11-18-13(2)15-8-3-4-9-16(15)17/h3-4,8-9,12-14,18H,5-7,10-11H2,1-2H3/t12?,13-,14?/m0/s1. The van der Waals surface area contributed by atoms with Gasteiger partial charge < -0.3 is 5.32 Å². The van der Waals surface area contributed by atoms with Gasteiger partial charge in [-0.1, -0.05) is 53.9 Å². The molecule has 1 aromatic carbocycles. The Bertz CT molecular complexity index is 377. The van der Waals surface area contributed by atoms with E-state index in [0.29, 0.717) is 6.04 Å². The van der Waals surface area contributed by atoms with Crippen LogP contribution in [0.4, 0.5) is 0 Å². The average Bonchev–Trinajstić information content (AvgIpc) is 2.37. The first-order valence-electron chi connectivity index (χ1n) is 7.14. The van der Waals surface area contributed by atoms with Crippen molar-refractivity contribution in [1.29, 1.82) is 0 Å². The Balaban J connectivity index is 1.84. The van der Waals surface area contributed by atoms with Crippen LogP contribution in [-0.4, -0.2) is 6.54 Å². The van der Waals surface area contributed by atoms with Crippen LogP contribution in [0.25, 0.3) is 0 Å². The van der Waals surface area contributed by atoms with Gasteiger partial charge in [0, 0.05) is 10.5 Å². The van der Waals surface area contributed by atoms with E-state index in [9.17, 15) is 0 Å².